The molecule has 5 heteroatoms. The maximum Gasteiger partial charge on any atom is 0.242 e. The van der Waals surface area contributed by atoms with E-state index >= 15 is 0 Å². The number of hydrogen-bond acceptors (Lipinski definition) is 3. The van der Waals surface area contributed by atoms with Gasteiger partial charge in [-0.05, 0) is 49.3 Å². The minimum absolute atomic E-state index is 0.195. The number of nitrogens with zero attached hydrogens (tertiary/aromatic N) is 3. The molecule has 0 bridgehead atoms. The van der Waals surface area contributed by atoms with Crippen LogP contribution < -0.4 is 4.74 Å². The van der Waals surface area contributed by atoms with E-state index in [2.05, 4.69) is 23.2 Å². The van der Waals surface area contributed by atoms with Gasteiger partial charge in [0, 0.05) is 42.8 Å². The van der Waals surface area contributed by atoms with Gasteiger partial charge in [0.2, 0.25) is 5.91 Å². The highest BCUT2D eigenvalue weighted by atomic mass is 16.5. The third-order valence-corrected chi connectivity index (χ3v) is 5.40. The summed E-state index contributed by atoms with van der Waals surface area (Å²) >= 11 is 0. The minimum atomic E-state index is 0.195. The molecule has 1 saturated heterocycles. The van der Waals surface area contributed by atoms with E-state index in [9.17, 15) is 4.79 Å². The Morgan fingerprint density at radius 3 is 2.81 bits per heavy atom. The first kappa shape index (κ1) is 17.6. The molecule has 5 nitrogen and oxygen atoms in total. The second-order valence-electron chi connectivity index (χ2n) is 7.28. The molecular formula is C22H25N3O2. The molecule has 1 aromatic carbocycles. The van der Waals surface area contributed by atoms with Gasteiger partial charge in [0.1, 0.15) is 12.3 Å². The van der Waals surface area contributed by atoms with Crippen LogP contribution >= 0.6 is 0 Å². The van der Waals surface area contributed by atoms with Crippen molar-refractivity contribution in [1.82, 2.24) is 14.5 Å². The summed E-state index contributed by atoms with van der Waals surface area (Å²) in [6.07, 6.45) is 7.56. The number of hydrogen-bond donors (Lipinski definition) is 0. The Bertz CT molecular complexity index is 926. The van der Waals surface area contributed by atoms with Gasteiger partial charge in [0.15, 0.2) is 0 Å². The molecule has 140 valence electrons. The van der Waals surface area contributed by atoms with Crippen molar-refractivity contribution in [1.29, 1.82) is 0 Å². The summed E-state index contributed by atoms with van der Waals surface area (Å²) in [5, 5.41) is 1.17. The van der Waals surface area contributed by atoms with Crippen LogP contribution in [-0.2, 0) is 11.3 Å². The molecule has 2 aromatic heterocycles. The Morgan fingerprint density at radius 1 is 1.19 bits per heavy atom. The topological polar surface area (TPSA) is 47.4 Å². The predicted octanol–water partition coefficient (Wildman–Crippen LogP) is 3.66. The van der Waals surface area contributed by atoms with E-state index in [0.29, 0.717) is 19.1 Å². The lowest BCUT2D eigenvalue weighted by Crippen LogP contribution is -2.41. The second-order valence-corrected chi connectivity index (χ2v) is 7.28. The van der Waals surface area contributed by atoms with Crippen LogP contribution in [-0.4, -0.2) is 40.1 Å². The fourth-order valence-corrected chi connectivity index (χ4v) is 3.70. The summed E-state index contributed by atoms with van der Waals surface area (Å²) in [6, 6.07) is 12.1. The fraction of sp³-hybridized carbons (Fsp3) is 0.364. The number of fused-ring (bicyclic) bond motifs is 1. The quantitative estimate of drug-likeness (QED) is 0.695. The summed E-state index contributed by atoms with van der Waals surface area (Å²) < 4.78 is 8.00. The maximum atomic E-state index is 12.7. The van der Waals surface area contributed by atoms with Crippen LogP contribution in [0.1, 0.15) is 18.4 Å². The summed E-state index contributed by atoms with van der Waals surface area (Å²) in [7, 11) is 0. The van der Waals surface area contributed by atoms with Crippen molar-refractivity contribution in [3.8, 4) is 5.75 Å². The van der Waals surface area contributed by atoms with E-state index in [1.165, 1.54) is 5.39 Å². The molecule has 0 N–H and O–H groups in total. The van der Waals surface area contributed by atoms with Crippen molar-refractivity contribution < 1.29 is 9.53 Å². The van der Waals surface area contributed by atoms with Crippen LogP contribution in [0.2, 0.25) is 0 Å². The smallest absolute Gasteiger partial charge is 0.242 e. The monoisotopic (exact) mass is 363 g/mol. The zero-order valence-electron chi connectivity index (χ0n) is 15.7. The molecule has 3 aromatic rings. The zero-order valence-corrected chi connectivity index (χ0v) is 15.7. The van der Waals surface area contributed by atoms with Gasteiger partial charge in [0.05, 0.1) is 6.61 Å². The third kappa shape index (κ3) is 3.97. The predicted molar refractivity (Wildman–Crippen MR) is 106 cm³/mol. The van der Waals surface area contributed by atoms with Crippen molar-refractivity contribution in [2.75, 3.05) is 19.7 Å². The van der Waals surface area contributed by atoms with Crippen molar-refractivity contribution in [3.05, 3.63) is 60.6 Å². The lowest BCUT2D eigenvalue weighted by molar-refractivity contribution is -0.133. The average Bonchev–Trinajstić information content (AvgIpc) is 3.11. The van der Waals surface area contributed by atoms with Gasteiger partial charge in [-0.1, -0.05) is 18.2 Å². The Kier molecular flexibility index (Phi) is 5.10. The molecule has 0 atom stereocenters. The first-order valence-electron chi connectivity index (χ1n) is 9.56. The molecule has 27 heavy (non-hydrogen) atoms. The standard InChI is InChI=1S/C22H25N3O2/c1-17-14-23-10-6-21(17)27-16-18-7-11-24(12-8-18)22(26)15-25-13-9-19-4-2-3-5-20(19)25/h2-6,9-10,13-14,18H,7-8,11-12,15-16H2,1H3. The van der Waals surface area contributed by atoms with Crippen molar-refractivity contribution in [2.24, 2.45) is 5.92 Å². The number of carbonyl (C=O) groups is 1. The number of aryl methyl sites for hydroxylation is 1. The highest BCUT2D eigenvalue weighted by molar-refractivity contribution is 5.83. The number of piperidine rings is 1. The van der Waals surface area contributed by atoms with Crippen molar-refractivity contribution in [2.45, 2.75) is 26.3 Å². The van der Waals surface area contributed by atoms with Gasteiger partial charge in [-0.2, -0.15) is 0 Å². The lowest BCUT2D eigenvalue weighted by Gasteiger charge is -2.32. The summed E-state index contributed by atoms with van der Waals surface area (Å²) in [4.78, 5) is 18.8. The number of amides is 1. The van der Waals surface area contributed by atoms with E-state index in [1.807, 2.05) is 47.0 Å². The van der Waals surface area contributed by atoms with Gasteiger partial charge in [-0.15, -0.1) is 0 Å². The molecular weight excluding hydrogens is 338 g/mol. The normalized spacial score (nSPS) is 15.2. The van der Waals surface area contributed by atoms with Crippen LogP contribution in [0.15, 0.2) is 55.0 Å². The molecule has 4 rings (SSSR count). The molecule has 0 spiro atoms. The second kappa shape index (κ2) is 7.82. The molecule has 1 aliphatic rings. The lowest BCUT2D eigenvalue weighted by atomic mass is 9.97. The molecule has 0 saturated carbocycles. The largest absolute Gasteiger partial charge is 0.493 e. The van der Waals surface area contributed by atoms with Gasteiger partial charge in [-0.25, -0.2) is 0 Å². The summed E-state index contributed by atoms with van der Waals surface area (Å²) in [5.74, 6) is 1.60. The molecule has 1 fully saturated rings. The number of pyridine rings is 1. The van der Waals surface area contributed by atoms with Crippen LogP contribution in [0, 0.1) is 12.8 Å². The van der Waals surface area contributed by atoms with E-state index in [-0.39, 0.29) is 5.91 Å². The number of para-hydroxylation sites is 1. The minimum Gasteiger partial charge on any atom is -0.493 e. The number of ether oxygens (including phenoxy) is 1. The molecule has 0 unspecified atom stereocenters. The van der Waals surface area contributed by atoms with Crippen molar-refractivity contribution in [3.63, 3.8) is 0 Å². The number of carbonyl (C=O) groups excluding carboxylic acids is 1. The molecule has 3 heterocycles. The number of aromatic nitrogens is 2. The van der Waals surface area contributed by atoms with E-state index < -0.39 is 0 Å². The van der Waals surface area contributed by atoms with Gasteiger partial charge in [-0.3, -0.25) is 9.78 Å². The summed E-state index contributed by atoms with van der Waals surface area (Å²) in [6.45, 7) is 4.73. The van der Waals surface area contributed by atoms with Crippen LogP contribution in [0.3, 0.4) is 0 Å². The average molecular weight is 363 g/mol. The van der Waals surface area contributed by atoms with Crippen LogP contribution in [0.5, 0.6) is 5.75 Å². The van der Waals surface area contributed by atoms with Gasteiger partial charge < -0.3 is 14.2 Å². The number of benzene rings is 1. The number of likely N-dealkylation sites (tertiary alicyclic amines) is 1. The van der Waals surface area contributed by atoms with E-state index in [4.69, 9.17) is 4.74 Å². The highest BCUT2D eigenvalue weighted by Gasteiger charge is 2.23. The van der Waals surface area contributed by atoms with Crippen LogP contribution in [0.25, 0.3) is 10.9 Å². The first-order chi connectivity index (χ1) is 13.2. The fourth-order valence-electron chi connectivity index (χ4n) is 3.70. The molecule has 0 aliphatic carbocycles. The molecule has 1 amide bonds. The maximum absolute atomic E-state index is 12.7. The zero-order chi connectivity index (χ0) is 18.6. The van der Waals surface area contributed by atoms with Gasteiger partial charge >= 0.3 is 0 Å². The Labute approximate surface area is 159 Å². The van der Waals surface area contributed by atoms with Crippen molar-refractivity contribution >= 4 is 16.8 Å². The highest BCUT2D eigenvalue weighted by Crippen LogP contribution is 2.22. The Morgan fingerprint density at radius 2 is 2.00 bits per heavy atom. The molecule has 0 radical (unpaired) electrons. The van der Waals surface area contributed by atoms with E-state index in [1.54, 1.807) is 6.20 Å². The first-order valence-corrected chi connectivity index (χ1v) is 9.56. The Hall–Kier alpha value is -2.82. The third-order valence-electron chi connectivity index (χ3n) is 5.40. The van der Waals surface area contributed by atoms with Gasteiger partial charge in [0.25, 0.3) is 0 Å². The van der Waals surface area contributed by atoms with Crippen LogP contribution in [0.4, 0.5) is 0 Å². The number of rotatable bonds is 5. The molecule has 1 aliphatic heterocycles. The SMILES string of the molecule is Cc1cnccc1OCC1CCN(C(=O)Cn2ccc3ccccc32)CC1. The Balaban J connectivity index is 1.28. The van der Waals surface area contributed by atoms with E-state index in [0.717, 1.165) is 42.8 Å². The summed E-state index contributed by atoms with van der Waals surface area (Å²) in [5.41, 5.74) is 2.17.